The van der Waals surface area contributed by atoms with E-state index in [9.17, 15) is 0 Å². The molecule has 1 N–H and O–H groups in total. The van der Waals surface area contributed by atoms with Crippen molar-refractivity contribution in [3.05, 3.63) is 33.4 Å². The summed E-state index contributed by atoms with van der Waals surface area (Å²) in [5.41, 5.74) is 1.43. The molecule has 0 unspecified atom stereocenters. The molecule has 0 radical (unpaired) electrons. The van der Waals surface area contributed by atoms with Gasteiger partial charge < -0.3 is 10.1 Å². The Bertz CT molecular complexity index is 375. The Morgan fingerprint density at radius 3 is 2.60 bits per heavy atom. The summed E-state index contributed by atoms with van der Waals surface area (Å²) in [4.78, 5) is 2.58. The van der Waals surface area contributed by atoms with Gasteiger partial charge in [0.1, 0.15) is 0 Å². The number of ether oxygens (including phenoxy) is 1. The number of hydrogen-bond donors (Lipinski definition) is 1. The van der Waals surface area contributed by atoms with Gasteiger partial charge in [-0.15, -0.1) is 0 Å². The third kappa shape index (κ3) is 5.68. The van der Waals surface area contributed by atoms with Crippen molar-refractivity contribution in [1.82, 2.24) is 10.2 Å². The predicted octanol–water partition coefficient (Wildman–Crippen LogP) is 2.74. The first-order valence-corrected chi connectivity index (χ1v) is 8.52. The molecule has 0 atom stereocenters. The highest BCUT2D eigenvalue weighted by atomic mass is 127. The van der Waals surface area contributed by atoms with Crippen LogP contribution in [0.15, 0.2) is 24.3 Å². The van der Waals surface area contributed by atoms with Crippen LogP contribution in [0, 0.1) is 9.49 Å². The highest BCUT2D eigenvalue weighted by molar-refractivity contribution is 14.1. The first kappa shape index (κ1) is 16.2. The van der Waals surface area contributed by atoms with Gasteiger partial charge in [0, 0.05) is 23.8 Å². The van der Waals surface area contributed by atoms with Crippen molar-refractivity contribution in [2.45, 2.75) is 19.4 Å². The van der Waals surface area contributed by atoms with Crippen LogP contribution in [0.1, 0.15) is 18.4 Å². The molecular formula is C16H25IN2O. The maximum Gasteiger partial charge on any atom is 0.0587 e. The Morgan fingerprint density at radius 2 is 1.95 bits per heavy atom. The second-order valence-electron chi connectivity index (χ2n) is 5.54. The van der Waals surface area contributed by atoms with Gasteiger partial charge in [-0.25, -0.2) is 0 Å². The molecule has 1 aliphatic heterocycles. The van der Waals surface area contributed by atoms with Gasteiger partial charge in [0.2, 0.25) is 0 Å². The van der Waals surface area contributed by atoms with E-state index >= 15 is 0 Å². The lowest BCUT2D eigenvalue weighted by Crippen LogP contribution is -2.37. The smallest absolute Gasteiger partial charge is 0.0587 e. The highest BCUT2D eigenvalue weighted by Gasteiger charge is 2.18. The Balaban J connectivity index is 1.65. The topological polar surface area (TPSA) is 24.5 Å². The van der Waals surface area contributed by atoms with E-state index in [2.05, 4.69) is 57.1 Å². The minimum absolute atomic E-state index is 0.811. The van der Waals surface area contributed by atoms with Crippen molar-refractivity contribution in [2.24, 2.45) is 5.92 Å². The number of benzene rings is 1. The molecule has 4 heteroatoms. The number of nitrogens with one attached hydrogen (secondary N) is 1. The summed E-state index contributed by atoms with van der Waals surface area (Å²) in [6.07, 6.45) is 2.62. The summed E-state index contributed by atoms with van der Waals surface area (Å²) in [5.74, 6) is 0.833. The summed E-state index contributed by atoms with van der Waals surface area (Å²) in [6, 6.07) is 8.89. The van der Waals surface area contributed by atoms with E-state index in [-0.39, 0.29) is 0 Å². The molecule has 1 aliphatic rings. The molecule has 0 bridgehead atoms. The van der Waals surface area contributed by atoms with Gasteiger partial charge in [-0.3, -0.25) is 4.90 Å². The molecule has 0 aliphatic carbocycles. The SMILES string of the molecule is COCCNCC1CCN(Cc2ccc(I)cc2)CC1. The monoisotopic (exact) mass is 388 g/mol. The molecule has 0 aromatic heterocycles. The fraction of sp³-hybridized carbons (Fsp3) is 0.625. The number of nitrogens with zero attached hydrogens (tertiary/aromatic N) is 1. The van der Waals surface area contributed by atoms with Crippen molar-refractivity contribution < 1.29 is 4.74 Å². The summed E-state index contributed by atoms with van der Waals surface area (Å²) in [6.45, 7) is 6.47. The van der Waals surface area contributed by atoms with Crippen LogP contribution >= 0.6 is 22.6 Å². The van der Waals surface area contributed by atoms with Crippen molar-refractivity contribution in [1.29, 1.82) is 0 Å². The molecule has 1 aromatic rings. The summed E-state index contributed by atoms with van der Waals surface area (Å²) >= 11 is 2.36. The molecule has 3 nitrogen and oxygen atoms in total. The number of piperidine rings is 1. The van der Waals surface area contributed by atoms with Crippen LogP contribution in [0.2, 0.25) is 0 Å². The van der Waals surface area contributed by atoms with Crippen LogP contribution in [-0.4, -0.2) is 44.8 Å². The lowest BCUT2D eigenvalue weighted by molar-refractivity contribution is 0.168. The Morgan fingerprint density at radius 1 is 1.25 bits per heavy atom. The minimum atomic E-state index is 0.811. The van der Waals surface area contributed by atoms with Crippen LogP contribution < -0.4 is 5.32 Å². The zero-order valence-electron chi connectivity index (χ0n) is 12.3. The Kier molecular flexibility index (Phi) is 7.27. The fourth-order valence-corrected chi connectivity index (χ4v) is 3.04. The van der Waals surface area contributed by atoms with E-state index in [0.29, 0.717) is 0 Å². The predicted molar refractivity (Wildman–Crippen MR) is 91.9 cm³/mol. The maximum atomic E-state index is 5.05. The normalized spacial score (nSPS) is 17.5. The van der Waals surface area contributed by atoms with E-state index in [0.717, 1.165) is 32.2 Å². The first-order chi connectivity index (χ1) is 9.78. The Hall–Kier alpha value is -0.170. The molecule has 0 amide bonds. The van der Waals surface area contributed by atoms with Gasteiger partial charge in [-0.2, -0.15) is 0 Å². The van der Waals surface area contributed by atoms with Gasteiger partial charge >= 0.3 is 0 Å². The standard InChI is InChI=1S/C16H25IN2O/c1-20-11-8-18-12-14-6-9-19(10-7-14)13-15-2-4-16(17)5-3-15/h2-5,14,18H,6-13H2,1H3. The van der Waals surface area contributed by atoms with Crippen LogP contribution in [0.25, 0.3) is 0 Å². The molecular weight excluding hydrogens is 363 g/mol. The molecule has 1 fully saturated rings. The van der Waals surface area contributed by atoms with Crippen molar-refractivity contribution in [2.75, 3.05) is 39.9 Å². The molecule has 1 saturated heterocycles. The average Bonchev–Trinajstić information content (AvgIpc) is 2.48. The van der Waals surface area contributed by atoms with Crippen molar-refractivity contribution in [3.8, 4) is 0 Å². The van der Waals surface area contributed by atoms with Gasteiger partial charge in [0.15, 0.2) is 0 Å². The number of rotatable bonds is 7. The lowest BCUT2D eigenvalue weighted by atomic mass is 9.96. The molecule has 0 saturated carbocycles. The molecule has 1 heterocycles. The van der Waals surface area contributed by atoms with E-state index in [1.54, 1.807) is 7.11 Å². The van der Waals surface area contributed by atoms with Crippen molar-refractivity contribution >= 4 is 22.6 Å². The largest absolute Gasteiger partial charge is 0.383 e. The van der Waals surface area contributed by atoms with Crippen molar-refractivity contribution in [3.63, 3.8) is 0 Å². The quantitative estimate of drug-likeness (QED) is 0.574. The summed E-state index contributed by atoms with van der Waals surface area (Å²) < 4.78 is 6.36. The molecule has 1 aromatic carbocycles. The fourth-order valence-electron chi connectivity index (χ4n) is 2.68. The van der Waals surface area contributed by atoms with Crippen LogP contribution in [0.3, 0.4) is 0 Å². The van der Waals surface area contributed by atoms with Gasteiger partial charge in [-0.1, -0.05) is 12.1 Å². The van der Waals surface area contributed by atoms with Crippen LogP contribution in [0.5, 0.6) is 0 Å². The maximum absolute atomic E-state index is 5.05. The molecule has 2 rings (SSSR count). The number of halogens is 1. The lowest BCUT2D eigenvalue weighted by Gasteiger charge is -2.32. The molecule has 20 heavy (non-hydrogen) atoms. The number of hydrogen-bond acceptors (Lipinski definition) is 3. The van der Waals surface area contributed by atoms with E-state index in [1.807, 2.05) is 0 Å². The zero-order chi connectivity index (χ0) is 14.2. The van der Waals surface area contributed by atoms with Gasteiger partial charge in [-0.05, 0) is 78.7 Å². The van der Waals surface area contributed by atoms with Crippen LogP contribution in [-0.2, 0) is 11.3 Å². The second-order valence-corrected chi connectivity index (χ2v) is 6.79. The number of likely N-dealkylation sites (tertiary alicyclic amines) is 1. The van der Waals surface area contributed by atoms with Gasteiger partial charge in [0.05, 0.1) is 6.61 Å². The Labute approximate surface area is 136 Å². The zero-order valence-corrected chi connectivity index (χ0v) is 14.4. The molecule has 112 valence electrons. The first-order valence-electron chi connectivity index (χ1n) is 7.44. The third-order valence-electron chi connectivity index (χ3n) is 3.94. The van der Waals surface area contributed by atoms with E-state index < -0.39 is 0 Å². The van der Waals surface area contributed by atoms with Crippen LogP contribution in [0.4, 0.5) is 0 Å². The van der Waals surface area contributed by atoms with Gasteiger partial charge in [0.25, 0.3) is 0 Å². The number of methoxy groups -OCH3 is 1. The minimum Gasteiger partial charge on any atom is -0.383 e. The molecule has 0 spiro atoms. The second kappa shape index (κ2) is 8.97. The summed E-state index contributed by atoms with van der Waals surface area (Å²) in [7, 11) is 1.75. The van der Waals surface area contributed by atoms with E-state index in [4.69, 9.17) is 4.74 Å². The average molecular weight is 388 g/mol. The van der Waals surface area contributed by atoms with E-state index in [1.165, 1.54) is 35.1 Å². The summed E-state index contributed by atoms with van der Waals surface area (Å²) in [5, 5.41) is 3.48. The highest BCUT2D eigenvalue weighted by Crippen LogP contribution is 2.18. The third-order valence-corrected chi connectivity index (χ3v) is 4.66.